The van der Waals surface area contributed by atoms with Crippen LogP contribution >= 0.6 is 22.6 Å². The lowest BCUT2D eigenvalue weighted by molar-refractivity contribution is 0.0956. The van der Waals surface area contributed by atoms with Crippen LogP contribution < -0.4 is 10.1 Å². The van der Waals surface area contributed by atoms with E-state index in [4.69, 9.17) is 4.74 Å². The predicted molar refractivity (Wildman–Crippen MR) is 64.2 cm³/mol. The van der Waals surface area contributed by atoms with Gasteiger partial charge in [-0.3, -0.25) is 4.79 Å². The number of rotatable bonds is 4. The van der Waals surface area contributed by atoms with Crippen molar-refractivity contribution in [1.82, 2.24) is 5.32 Å². The molecule has 0 aliphatic heterocycles. The fraction of sp³-hybridized carbons (Fsp3) is 0.300. The molecule has 1 N–H and O–H groups in total. The third-order valence-electron chi connectivity index (χ3n) is 1.79. The topological polar surface area (TPSA) is 38.3 Å². The van der Waals surface area contributed by atoms with E-state index in [0.29, 0.717) is 12.1 Å². The van der Waals surface area contributed by atoms with Gasteiger partial charge in [0.25, 0.3) is 5.91 Å². The largest absolute Gasteiger partial charge is 0.494 e. The lowest BCUT2D eigenvalue weighted by Gasteiger charge is -2.06. The monoisotopic (exact) mass is 323 g/mol. The molecule has 0 fully saturated rings. The molecule has 15 heavy (non-hydrogen) atoms. The zero-order valence-corrected chi connectivity index (χ0v) is 10.4. The van der Waals surface area contributed by atoms with E-state index >= 15 is 0 Å². The Morgan fingerprint density at radius 3 is 2.93 bits per heavy atom. The van der Waals surface area contributed by atoms with Crippen LogP contribution in [-0.4, -0.2) is 24.0 Å². The van der Waals surface area contributed by atoms with Crippen LogP contribution in [0.25, 0.3) is 0 Å². The predicted octanol–water partition coefficient (Wildman–Crippen LogP) is 2.00. The third kappa shape index (κ3) is 3.33. The molecule has 3 nitrogen and oxygen atoms in total. The van der Waals surface area contributed by atoms with Crippen molar-refractivity contribution in [1.29, 1.82) is 0 Å². The summed E-state index contributed by atoms with van der Waals surface area (Å²) in [6.45, 7) is 0.596. The van der Waals surface area contributed by atoms with Gasteiger partial charge >= 0.3 is 0 Å². The molecule has 0 aliphatic carbocycles. The lowest BCUT2D eigenvalue weighted by Crippen LogP contribution is -2.25. The summed E-state index contributed by atoms with van der Waals surface area (Å²) >= 11 is 2.16. The van der Waals surface area contributed by atoms with Gasteiger partial charge in [-0.2, -0.15) is 0 Å². The van der Waals surface area contributed by atoms with Crippen LogP contribution in [0.1, 0.15) is 10.4 Å². The highest BCUT2D eigenvalue weighted by Gasteiger charge is 2.09. The van der Waals surface area contributed by atoms with Gasteiger partial charge in [-0.15, -0.1) is 0 Å². The number of carbonyl (C=O) groups excluding carboxylic acids is 1. The number of hydrogen-bond acceptors (Lipinski definition) is 2. The molecule has 1 amide bonds. The molecular weight excluding hydrogens is 312 g/mol. The van der Waals surface area contributed by atoms with Crippen LogP contribution in [0.15, 0.2) is 18.2 Å². The number of nitrogens with one attached hydrogen (secondary N) is 1. The molecule has 1 aromatic carbocycles. The Labute approximate surface area is 101 Å². The van der Waals surface area contributed by atoms with Gasteiger partial charge in [-0.1, -0.05) is 22.6 Å². The maximum Gasteiger partial charge on any atom is 0.251 e. The second-order valence-electron chi connectivity index (χ2n) is 2.79. The van der Waals surface area contributed by atoms with Crippen molar-refractivity contribution < 1.29 is 13.9 Å². The van der Waals surface area contributed by atoms with Crippen molar-refractivity contribution in [2.45, 2.75) is 0 Å². The van der Waals surface area contributed by atoms with Crippen LogP contribution in [0.5, 0.6) is 5.75 Å². The van der Waals surface area contributed by atoms with Gasteiger partial charge in [0.1, 0.15) is 0 Å². The Morgan fingerprint density at radius 2 is 2.33 bits per heavy atom. The highest BCUT2D eigenvalue weighted by Crippen LogP contribution is 2.17. The number of benzene rings is 1. The lowest BCUT2D eigenvalue weighted by atomic mass is 10.2. The van der Waals surface area contributed by atoms with Gasteiger partial charge in [0, 0.05) is 16.5 Å². The first-order valence-corrected chi connectivity index (χ1v) is 5.89. The Morgan fingerprint density at radius 1 is 1.60 bits per heavy atom. The minimum atomic E-state index is -0.469. The SMILES string of the molecule is COc1cc(C(=O)NCCI)ccc1F. The van der Waals surface area contributed by atoms with E-state index in [1.807, 2.05) is 0 Å². The average Bonchev–Trinajstić information content (AvgIpc) is 2.26. The van der Waals surface area contributed by atoms with Gasteiger partial charge in [0.2, 0.25) is 0 Å². The molecule has 0 aromatic heterocycles. The molecule has 0 heterocycles. The third-order valence-corrected chi connectivity index (χ3v) is 2.33. The van der Waals surface area contributed by atoms with Gasteiger partial charge in [0.15, 0.2) is 11.6 Å². The Balaban J connectivity index is 2.81. The van der Waals surface area contributed by atoms with Crippen molar-refractivity contribution in [2.75, 3.05) is 18.1 Å². The maximum atomic E-state index is 13.0. The number of carbonyl (C=O) groups is 1. The number of alkyl halides is 1. The summed E-state index contributed by atoms with van der Waals surface area (Å²) in [6, 6.07) is 4.04. The fourth-order valence-corrected chi connectivity index (χ4v) is 1.33. The molecule has 1 aromatic rings. The second-order valence-corrected chi connectivity index (χ2v) is 3.87. The quantitative estimate of drug-likeness (QED) is 0.680. The minimum absolute atomic E-state index is 0.0807. The summed E-state index contributed by atoms with van der Waals surface area (Å²) in [6.07, 6.45) is 0. The van der Waals surface area contributed by atoms with Crippen molar-refractivity contribution in [2.24, 2.45) is 0 Å². The molecule has 0 atom stereocenters. The molecule has 82 valence electrons. The van der Waals surface area contributed by atoms with Crippen molar-refractivity contribution >= 4 is 28.5 Å². The van der Waals surface area contributed by atoms with Crippen LogP contribution in [-0.2, 0) is 0 Å². The van der Waals surface area contributed by atoms with Crippen molar-refractivity contribution in [3.05, 3.63) is 29.6 Å². The summed E-state index contributed by atoms with van der Waals surface area (Å²) in [7, 11) is 1.37. The van der Waals surface area contributed by atoms with E-state index in [9.17, 15) is 9.18 Å². The molecule has 0 spiro atoms. The highest BCUT2D eigenvalue weighted by atomic mass is 127. The van der Waals surface area contributed by atoms with Gasteiger partial charge in [0.05, 0.1) is 7.11 Å². The highest BCUT2D eigenvalue weighted by molar-refractivity contribution is 14.1. The number of hydrogen-bond donors (Lipinski definition) is 1. The summed E-state index contributed by atoms with van der Waals surface area (Å²) in [5, 5.41) is 2.69. The number of halogens is 2. The zero-order valence-electron chi connectivity index (χ0n) is 8.22. The molecule has 0 saturated heterocycles. The molecule has 0 bridgehead atoms. The summed E-state index contributed by atoms with van der Waals surface area (Å²) in [4.78, 5) is 11.5. The minimum Gasteiger partial charge on any atom is -0.494 e. The van der Waals surface area contributed by atoms with Gasteiger partial charge in [-0.25, -0.2) is 4.39 Å². The Kier molecular flexibility index (Phi) is 4.80. The fourth-order valence-electron chi connectivity index (χ4n) is 1.06. The smallest absolute Gasteiger partial charge is 0.251 e. The molecular formula is C10H11FINO2. The maximum absolute atomic E-state index is 13.0. The first-order chi connectivity index (χ1) is 7.19. The molecule has 1 rings (SSSR count). The summed E-state index contributed by atoms with van der Waals surface area (Å²) in [5.41, 5.74) is 0.401. The molecule has 0 unspecified atom stereocenters. The summed E-state index contributed by atoms with van der Waals surface area (Å²) in [5.74, 6) is -0.606. The van der Waals surface area contributed by atoms with E-state index in [2.05, 4.69) is 27.9 Å². The van der Waals surface area contributed by atoms with Gasteiger partial charge in [-0.05, 0) is 18.2 Å². The Bertz CT molecular complexity index is 357. The first kappa shape index (κ1) is 12.2. The van der Waals surface area contributed by atoms with E-state index in [0.717, 1.165) is 4.43 Å². The van der Waals surface area contributed by atoms with Gasteiger partial charge < -0.3 is 10.1 Å². The van der Waals surface area contributed by atoms with Crippen LogP contribution in [0.2, 0.25) is 0 Å². The van der Waals surface area contributed by atoms with Crippen LogP contribution in [0, 0.1) is 5.82 Å². The molecule has 0 aliphatic rings. The normalized spacial score (nSPS) is 9.80. The van der Waals surface area contributed by atoms with E-state index in [1.165, 1.54) is 25.3 Å². The molecule has 0 saturated carbocycles. The van der Waals surface area contributed by atoms with Crippen LogP contribution in [0.4, 0.5) is 4.39 Å². The number of ether oxygens (including phenoxy) is 1. The molecule has 0 radical (unpaired) electrons. The zero-order chi connectivity index (χ0) is 11.3. The number of amides is 1. The average molecular weight is 323 g/mol. The second kappa shape index (κ2) is 5.89. The van der Waals surface area contributed by atoms with E-state index < -0.39 is 5.82 Å². The first-order valence-electron chi connectivity index (χ1n) is 4.36. The van der Waals surface area contributed by atoms with E-state index in [1.54, 1.807) is 0 Å². The summed E-state index contributed by atoms with van der Waals surface area (Å²) < 4.78 is 18.6. The molecule has 5 heteroatoms. The Hall–Kier alpha value is -0.850. The van der Waals surface area contributed by atoms with E-state index in [-0.39, 0.29) is 11.7 Å². The number of methoxy groups -OCH3 is 1. The van der Waals surface area contributed by atoms with Crippen molar-refractivity contribution in [3.8, 4) is 5.75 Å². The van der Waals surface area contributed by atoms with Crippen molar-refractivity contribution in [3.63, 3.8) is 0 Å². The van der Waals surface area contributed by atoms with Crippen LogP contribution in [0.3, 0.4) is 0 Å². The standard InChI is InChI=1S/C10H11FINO2/c1-15-9-6-7(2-3-8(9)11)10(14)13-5-4-12/h2-3,6H,4-5H2,1H3,(H,13,14).